The number of likely N-dealkylation sites (N-methyl/N-ethyl adjacent to an activating group) is 1. The molecule has 1 aromatic carbocycles. The zero-order chi connectivity index (χ0) is 21.1. The van der Waals surface area contributed by atoms with Crippen LogP contribution >= 0.6 is 0 Å². The Kier molecular flexibility index (Phi) is 6.30. The minimum atomic E-state index is 0.0277. The molecule has 2 aliphatic rings. The summed E-state index contributed by atoms with van der Waals surface area (Å²) in [6.07, 6.45) is 9.34. The van der Waals surface area contributed by atoms with Crippen molar-refractivity contribution in [2.45, 2.75) is 65.0 Å². The standard InChI is InChI=1S/C24H34N4O2/c1-3-26(4-2)23(29)17-27-15-13-19-16-20(11-12-21(19)27)25-24(30)28-14-7-10-22(28)18-8-5-6-9-18/h11-13,15-16,18,22H,3-10,14,17H2,1-2H3,(H,25,30). The molecule has 6 nitrogen and oxygen atoms in total. The Bertz CT molecular complexity index is 896. The molecule has 3 amide bonds. The average Bonchev–Trinajstić information content (AvgIpc) is 3.49. The first-order valence-corrected chi connectivity index (χ1v) is 11.5. The van der Waals surface area contributed by atoms with Crippen LogP contribution in [0.15, 0.2) is 30.5 Å². The molecule has 30 heavy (non-hydrogen) atoms. The van der Waals surface area contributed by atoms with Gasteiger partial charge in [0.15, 0.2) is 0 Å². The summed E-state index contributed by atoms with van der Waals surface area (Å²) in [6.45, 7) is 6.66. The normalized spacial score (nSPS) is 19.5. The monoisotopic (exact) mass is 410 g/mol. The number of carbonyl (C=O) groups excluding carboxylic acids is 2. The number of hydrogen-bond donors (Lipinski definition) is 1. The summed E-state index contributed by atoms with van der Waals surface area (Å²) in [5, 5.41) is 4.15. The summed E-state index contributed by atoms with van der Waals surface area (Å²) in [6, 6.07) is 8.39. The summed E-state index contributed by atoms with van der Waals surface area (Å²) < 4.78 is 1.98. The molecule has 1 aliphatic carbocycles. The molecule has 2 fully saturated rings. The van der Waals surface area contributed by atoms with Gasteiger partial charge in [0.05, 0.1) is 0 Å². The third-order valence-electron chi connectivity index (χ3n) is 6.95. The van der Waals surface area contributed by atoms with Crippen molar-refractivity contribution < 1.29 is 9.59 Å². The van der Waals surface area contributed by atoms with Crippen LogP contribution in [0.5, 0.6) is 0 Å². The minimum Gasteiger partial charge on any atom is -0.342 e. The lowest BCUT2D eigenvalue weighted by Crippen LogP contribution is -2.41. The number of urea groups is 1. The topological polar surface area (TPSA) is 57.6 Å². The van der Waals surface area contributed by atoms with E-state index in [1.54, 1.807) is 0 Å². The number of fused-ring (bicyclic) bond motifs is 1. The average molecular weight is 411 g/mol. The molecule has 1 N–H and O–H groups in total. The van der Waals surface area contributed by atoms with Gasteiger partial charge in [0.2, 0.25) is 5.91 Å². The van der Waals surface area contributed by atoms with Crippen LogP contribution in [0.3, 0.4) is 0 Å². The number of benzene rings is 1. The number of carbonyl (C=O) groups is 2. The van der Waals surface area contributed by atoms with Crippen molar-refractivity contribution in [3.63, 3.8) is 0 Å². The smallest absolute Gasteiger partial charge is 0.322 e. The fraction of sp³-hybridized carbons (Fsp3) is 0.583. The molecule has 1 saturated carbocycles. The van der Waals surface area contributed by atoms with Crippen LogP contribution in [0.1, 0.15) is 52.4 Å². The Hall–Kier alpha value is -2.50. The minimum absolute atomic E-state index is 0.0277. The Morgan fingerprint density at radius 2 is 1.83 bits per heavy atom. The van der Waals surface area contributed by atoms with E-state index >= 15 is 0 Å². The van der Waals surface area contributed by atoms with Crippen LogP contribution in [-0.4, -0.2) is 52.0 Å². The van der Waals surface area contributed by atoms with E-state index < -0.39 is 0 Å². The maximum absolute atomic E-state index is 13.0. The van der Waals surface area contributed by atoms with Gasteiger partial charge in [-0.2, -0.15) is 0 Å². The Morgan fingerprint density at radius 1 is 1.07 bits per heavy atom. The molecule has 1 aromatic heterocycles. The van der Waals surface area contributed by atoms with Crippen LogP contribution in [-0.2, 0) is 11.3 Å². The first-order valence-electron chi connectivity index (χ1n) is 11.5. The number of rotatable bonds is 6. The zero-order valence-corrected chi connectivity index (χ0v) is 18.3. The molecule has 162 valence electrons. The van der Waals surface area contributed by atoms with Gasteiger partial charge in [-0.25, -0.2) is 4.79 Å². The Balaban J connectivity index is 1.44. The summed E-state index contributed by atoms with van der Waals surface area (Å²) in [5.41, 5.74) is 1.83. The summed E-state index contributed by atoms with van der Waals surface area (Å²) >= 11 is 0. The third kappa shape index (κ3) is 4.18. The lowest BCUT2D eigenvalue weighted by molar-refractivity contribution is -0.131. The van der Waals surface area contributed by atoms with E-state index in [1.807, 2.05) is 53.8 Å². The Morgan fingerprint density at radius 3 is 2.57 bits per heavy atom. The number of anilines is 1. The SMILES string of the molecule is CCN(CC)C(=O)Cn1ccc2cc(NC(=O)N3CCCC3C3CCCC3)ccc21. The lowest BCUT2D eigenvalue weighted by Gasteiger charge is -2.29. The molecule has 0 spiro atoms. The van der Waals surface area contributed by atoms with Crippen molar-refractivity contribution in [1.29, 1.82) is 0 Å². The molecule has 1 atom stereocenters. The number of aromatic nitrogens is 1. The highest BCUT2D eigenvalue weighted by atomic mass is 16.2. The zero-order valence-electron chi connectivity index (χ0n) is 18.3. The van der Waals surface area contributed by atoms with Gasteiger partial charge in [0, 0.05) is 48.5 Å². The van der Waals surface area contributed by atoms with E-state index in [9.17, 15) is 9.59 Å². The molecule has 0 radical (unpaired) electrons. The van der Waals surface area contributed by atoms with Crippen molar-refractivity contribution in [3.05, 3.63) is 30.5 Å². The highest BCUT2D eigenvalue weighted by molar-refractivity contribution is 5.93. The molecule has 1 aliphatic heterocycles. The molecule has 6 heteroatoms. The van der Waals surface area contributed by atoms with E-state index in [0.717, 1.165) is 49.1 Å². The second-order valence-electron chi connectivity index (χ2n) is 8.66. The van der Waals surface area contributed by atoms with Crippen LogP contribution in [0, 0.1) is 5.92 Å². The van der Waals surface area contributed by atoms with Crippen LogP contribution in [0.2, 0.25) is 0 Å². The first-order chi connectivity index (χ1) is 14.6. The van der Waals surface area contributed by atoms with Crippen molar-refractivity contribution in [1.82, 2.24) is 14.4 Å². The van der Waals surface area contributed by atoms with Gasteiger partial charge >= 0.3 is 6.03 Å². The van der Waals surface area contributed by atoms with Crippen LogP contribution < -0.4 is 5.32 Å². The van der Waals surface area contributed by atoms with Crippen LogP contribution in [0.25, 0.3) is 10.9 Å². The third-order valence-corrected chi connectivity index (χ3v) is 6.95. The maximum atomic E-state index is 13.0. The quantitative estimate of drug-likeness (QED) is 0.751. The molecule has 1 saturated heterocycles. The maximum Gasteiger partial charge on any atom is 0.322 e. The van der Waals surface area contributed by atoms with Crippen LogP contribution in [0.4, 0.5) is 10.5 Å². The fourth-order valence-corrected chi connectivity index (χ4v) is 5.31. The van der Waals surface area contributed by atoms with Crippen molar-refractivity contribution in [3.8, 4) is 0 Å². The van der Waals surface area contributed by atoms with Gasteiger partial charge < -0.3 is 19.7 Å². The molecule has 1 unspecified atom stereocenters. The van der Waals surface area contributed by atoms with Gasteiger partial charge in [-0.05, 0) is 69.7 Å². The second-order valence-corrected chi connectivity index (χ2v) is 8.66. The fourth-order valence-electron chi connectivity index (χ4n) is 5.31. The molecule has 2 heterocycles. The predicted molar refractivity (Wildman–Crippen MR) is 121 cm³/mol. The largest absolute Gasteiger partial charge is 0.342 e. The number of amides is 3. The summed E-state index contributed by atoms with van der Waals surface area (Å²) in [4.78, 5) is 29.3. The molecule has 4 rings (SSSR count). The first kappa shape index (κ1) is 20.8. The molecule has 0 bridgehead atoms. The van der Waals surface area contributed by atoms with Gasteiger partial charge in [-0.3, -0.25) is 4.79 Å². The van der Waals surface area contributed by atoms with E-state index in [2.05, 4.69) is 10.2 Å². The number of nitrogens with zero attached hydrogens (tertiary/aromatic N) is 3. The second kappa shape index (κ2) is 9.11. The Labute approximate surface area is 179 Å². The van der Waals surface area contributed by atoms with Gasteiger partial charge in [-0.15, -0.1) is 0 Å². The highest BCUT2D eigenvalue weighted by Gasteiger charge is 2.35. The predicted octanol–water partition coefficient (Wildman–Crippen LogP) is 4.70. The van der Waals surface area contributed by atoms with E-state index in [-0.39, 0.29) is 11.9 Å². The molecular formula is C24H34N4O2. The van der Waals surface area contributed by atoms with Crippen molar-refractivity contribution in [2.75, 3.05) is 25.0 Å². The van der Waals surface area contributed by atoms with E-state index in [0.29, 0.717) is 18.5 Å². The van der Waals surface area contributed by atoms with Crippen molar-refractivity contribution in [2.24, 2.45) is 5.92 Å². The number of nitrogens with one attached hydrogen (secondary N) is 1. The highest BCUT2D eigenvalue weighted by Crippen LogP contribution is 2.35. The van der Waals surface area contributed by atoms with Gasteiger partial charge in [0.25, 0.3) is 0 Å². The number of likely N-dealkylation sites (tertiary alicyclic amines) is 1. The molecule has 2 aromatic rings. The van der Waals surface area contributed by atoms with Gasteiger partial charge in [0.1, 0.15) is 6.54 Å². The van der Waals surface area contributed by atoms with E-state index in [4.69, 9.17) is 0 Å². The van der Waals surface area contributed by atoms with E-state index in [1.165, 1.54) is 25.7 Å². The van der Waals surface area contributed by atoms with Crippen molar-refractivity contribution >= 4 is 28.5 Å². The summed E-state index contributed by atoms with van der Waals surface area (Å²) in [7, 11) is 0. The molecular weight excluding hydrogens is 376 g/mol. The number of hydrogen-bond acceptors (Lipinski definition) is 2. The summed E-state index contributed by atoms with van der Waals surface area (Å²) in [5.74, 6) is 0.806. The lowest BCUT2D eigenvalue weighted by atomic mass is 9.96. The van der Waals surface area contributed by atoms with Gasteiger partial charge in [-0.1, -0.05) is 12.8 Å².